The van der Waals surface area contributed by atoms with Crippen LogP contribution in [0.15, 0.2) is 6.07 Å². The van der Waals surface area contributed by atoms with Crippen molar-refractivity contribution in [1.29, 1.82) is 0 Å². The Hall–Kier alpha value is -1.03. The Morgan fingerprint density at radius 3 is 2.61 bits per heavy atom. The van der Waals surface area contributed by atoms with Crippen molar-refractivity contribution in [1.82, 2.24) is 9.97 Å². The molecule has 1 aromatic rings. The van der Waals surface area contributed by atoms with Crippen molar-refractivity contribution in [3.63, 3.8) is 0 Å². The number of nitrogen functional groups attached to an aromatic ring is 1. The predicted molar refractivity (Wildman–Crippen MR) is 77.9 cm³/mol. The average molecular weight is 271 g/mol. The highest BCUT2D eigenvalue weighted by Crippen LogP contribution is 2.13. The minimum Gasteiger partial charge on any atom is -0.370 e. The van der Waals surface area contributed by atoms with Gasteiger partial charge in [0.2, 0.25) is 5.95 Å². The van der Waals surface area contributed by atoms with Crippen LogP contribution < -0.4 is 11.1 Å². The minimum atomic E-state index is 0.210. The second-order valence-corrected chi connectivity index (χ2v) is 5.34. The van der Waals surface area contributed by atoms with E-state index in [9.17, 15) is 0 Å². The average Bonchev–Trinajstić information content (AvgIpc) is 2.26. The highest BCUT2D eigenvalue weighted by atomic mass is 35.5. The summed E-state index contributed by atoms with van der Waals surface area (Å²) in [6.45, 7) is 5.43. The summed E-state index contributed by atoms with van der Waals surface area (Å²) in [5, 5.41) is 3.59. The van der Waals surface area contributed by atoms with E-state index in [2.05, 4.69) is 29.1 Å². The van der Waals surface area contributed by atoms with E-state index in [1.165, 1.54) is 25.7 Å². The summed E-state index contributed by atoms with van der Waals surface area (Å²) < 4.78 is 0. The third kappa shape index (κ3) is 6.64. The molecule has 0 bridgehead atoms. The third-order valence-electron chi connectivity index (χ3n) is 2.73. The van der Waals surface area contributed by atoms with Crippen molar-refractivity contribution in [2.75, 3.05) is 17.6 Å². The van der Waals surface area contributed by atoms with Crippen molar-refractivity contribution in [2.24, 2.45) is 5.92 Å². The molecule has 18 heavy (non-hydrogen) atoms. The molecule has 1 rings (SSSR count). The van der Waals surface area contributed by atoms with E-state index in [4.69, 9.17) is 17.3 Å². The van der Waals surface area contributed by atoms with Crippen LogP contribution in [0.3, 0.4) is 0 Å². The molecular weight excluding hydrogens is 248 g/mol. The van der Waals surface area contributed by atoms with Gasteiger partial charge < -0.3 is 11.1 Å². The number of rotatable bonds is 8. The van der Waals surface area contributed by atoms with Crippen LogP contribution in [0.1, 0.15) is 46.0 Å². The highest BCUT2D eigenvalue weighted by Gasteiger charge is 1.99. The number of hydrogen-bond donors (Lipinski definition) is 2. The van der Waals surface area contributed by atoms with Gasteiger partial charge in [0.15, 0.2) is 0 Å². The van der Waals surface area contributed by atoms with E-state index in [1.54, 1.807) is 6.07 Å². The first-order valence-electron chi connectivity index (χ1n) is 6.62. The molecule has 0 atom stereocenters. The molecule has 4 nitrogen and oxygen atoms in total. The first kappa shape index (κ1) is 15.0. The molecule has 102 valence electrons. The number of aromatic nitrogens is 2. The maximum absolute atomic E-state index is 5.79. The zero-order valence-corrected chi connectivity index (χ0v) is 12.0. The lowest BCUT2D eigenvalue weighted by Gasteiger charge is -2.07. The number of nitrogens with zero attached hydrogens (tertiary/aromatic N) is 2. The topological polar surface area (TPSA) is 63.8 Å². The third-order valence-corrected chi connectivity index (χ3v) is 2.92. The molecule has 0 saturated carbocycles. The van der Waals surface area contributed by atoms with Gasteiger partial charge in [0, 0.05) is 12.6 Å². The Bertz CT molecular complexity index is 335. The molecule has 0 aliphatic carbocycles. The van der Waals surface area contributed by atoms with E-state index in [1.807, 2.05) is 0 Å². The SMILES string of the molecule is CC(C)CCCCCCNc1cc(Cl)nc(N)n1. The minimum absolute atomic E-state index is 0.210. The summed E-state index contributed by atoms with van der Waals surface area (Å²) in [6.07, 6.45) is 6.33. The Labute approximate surface area is 114 Å². The summed E-state index contributed by atoms with van der Waals surface area (Å²) in [6, 6.07) is 1.69. The summed E-state index contributed by atoms with van der Waals surface area (Å²) in [5.41, 5.74) is 5.51. The van der Waals surface area contributed by atoms with E-state index in [0.29, 0.717) is 11.0 Å². The maximum atomic E-state index is 5.79. The zero-order chi connectivity index (χ0) is 13.4. The molecule has 3 N–H and O–H groups in total. The van der Waals surface area contributed by atoms with E-state index in [0.717, 1.165) is 18.9 Å². The van der Waals surface area contributed by atoms with Gasteiger partial charge in [-0.05, 0) is 12.3 Å². The number of anilines is 2. The van der Waals surface area contributed by atoms with Gasteiger partial charge in [-0.2, -0.15) is 4.98 Å². The second kappa shape index (κ2) is 8.14. The summed E-state index contributed by atoms with van der Waals surface area (Å²) in [4.78, 5) is 7.87. The first-order chi connectivity index (χ1) is 8.58. The van der Waals surface area contributed by atoms with Crippen LogP contribution in [0.4, 0.5) is 11.8 Å². The van der Waals surface area contributed by atoms with Crippen molar-refractivity contribution < 1.29 is 0 Å². The lowest BCUT2D eigenvalue weighted by Crippen LogP contribution is -2.05. The van der Waals surface area contributed by atoms with Crippen LogP contribution in [-0.4, -0.2) is 16.5 Å². The molecule has 0 radical (unpaired) electrons. The van der Waals surface area contributed by atoms with Gasteiger partial charge >= 0.3 is 0 Å². The van der Waals surface area contributed by atoms with E-state index < -0.39 is 0 Å². The van der Waals surface area contributed by atoms with Gasteiger partial charge in [0.25, 0.3) is 0 Å². The van der Waals surface area contributed by atoms with Crippen LogP contribution in [0.2, 0.25) is 5.15 Å². The lowest BCUT2D eigenvalue weighted by atomic mass is 10.0. The Kier molecular flexibility index (Phi) is 6.80. The number of hydrogen-bond acceptors (Lipinski definition) is 4. The molecule has 0 saturated heterocycles. The standard InChI is InChI=1S/C13H23ClN4/c1-10(2)7-5-3-4-6-8-16-12-9-11(14)17-13(15)18-12/h9-10H,3-8H2,1-2H3,(H3,15,16,17,18). The molecule has 1 aromatic heterocycles. The smallest absolute Gasteiger partial charge is 0.223 e. The van der Waals surface area contributed by atoms with Crippen LogP contribution in [0.25, 0.3) is 0 Å². The normalized spacial score (nSPS) is 10.9. The fourth-order valence-corrected chi connectivity index (χ4v) is 1.96. The predicted octanol–water partition coefficient (Wildman–Crippen LogP) is 3.73. The number of nitrogens with two attached hydrogens (primary N) is 1. The molecule has 0 unspecified atom stereocenters. The summed E-state index contributed by atoms with van der Waals surface area (Å²) in [5.74, 6) is 1.73. The molecule has 0 fully saturated rings. The Balaban J connectivity index is 2.10. The number of halogens is 1. The summed E-state index contributed by atoms with van der Waals surface area (Å²) >= 11 is 5.79. The van der Waals surface area contributed by atoms with Gasteiger partial charge in [-0.3, -0.25) is 0 Å². The van der Waals surface area contributed by atoms with Crippen LogP contribution in [-0.2, 0) is 0 Å². The molecule has 0 amide bonds. The molecule has 0 aliphatic heterocycles. The quantitative estimate of drug-likeness (QED) is 0.558. The van der Waals surface area contributed by atoms with Gasteiger partial charge in [-0.15, -0.1) is 0 Å². The van der Waals surface area contributed by atoms with Crippen molar-refractivity contribution in [3.8, 4) is 0 Å². The van der Waals surface area contributed by atoms with Crippen LogP contribution >= 0.6 is 11.6 Å². The number of nitrogens with one attached hydrogen (secondary N) is 1. The van der Waals surface area contributed by atoms with Gasteiger partial charge in [0.05, 0.1) is 0 Å². The van der Waals surface area contributed by atoms with Crippen molar-refractivity contribution in [2.45, 2.75) is 46.0 Å². The molecule has 5 heteroatoms. The lowest BCUT2D eigenvalue weighted by molar-refractivity contribution is 0.523. The van der Waals surface area contributed by atoms with Crippen molar-refractivity contribution >= 4 is 23.4 Å². The molecular formula is C13H23ClN4. The van der Waals surface area contributed by atoms with Crippen LogP contribution in [0.5, 0.6) is 0 Å². The van der Waals surface area contributed by atoms with Gasteiger partial charge in [-0.1, -0.05) is 51.1 Å². The Morgan fingerprint density at radius 2 is 1.94 bits per heavy atom. The zero-order valence-electron chi connectivity index (χ0n) is 11.2. The summed E-state index contributed by atoms with van der Waals surface area (Å²) in [7, 11) is 0. The fraction of sp³-hybridized carbons (Fsp3) is 0.692. The monoisotopic (exact) mass is 270 g/mol. The van der Waals surface area contributed by atoms with E-state index in [-0.39, 0.29) is 5.95 Å². The number of unbranched alkanes of at least 4 members (excludes halogenated alkanes) is 3. The molecule has 0 aliphatic rings. The molecule has 0 aromatic carbocycles. The largest absolute Gasteiger partial charge is 0.370 e. The highest BCUT2D eigenvalue weighted by molar-refractivity contribution is 6.29. The second-order valence-electron chi connectivity index (χ2n) is 4.96. The van der Waals surface area contributed by atoms with Gasteiger partial charge in [-0.25, -0.2) is 4.98 Å². The van der Waals surface area contributed by atoms with Crippen LogP contribution in [0, 0.1) is 5.92 Å². The molecule has 1 heterocycles. The molecule has 0 spiro atoms. The van der Waals surface area contributed by atoms with Gasteiger partial charge in [0.1, 0.15) is 11.0 Å². The maximum Gasteiger partial charge on any atom is 0.223 e. The van der Waals surface area contributed by atoms with E-state index >= 15 is 0 Å². The first-order valence-corrected chi connectivity index (χ1v) is 6.99. The Morgan fingerprint density at radius 1 is 1.22 bits per heavy atom. The van der Waals surface area contributed by atoms with Crippen molar-refractivity contribution in [3.05, 3.63) is 11.2 Å². The fourth-order valence-electron chi connectivity index (χ4n) is 1.77.